The first-order valence-corrected chi connectivity index (χ1v) is 8.98. The van der Waals surface area contributed by atoms with Crippen molar-refractivity contribution in [1.29, 1.82) is 0 Å². The summed E-state index contributed by atoms with van der Waals surface area (Å²) < 4.78 is 5.72. The average molecular weight is 460 g/mol. The molecule has 1 fully saturated rings. The lowest BCUT2D eigenvalue weighted by Crippen LogP contribution is -2.53. The summed E-state index contributed by atoms with van der Waals surface area (Å²) in [6, 6.07) is 10.3. The topological polar surface area (TPSA) is 40.1 Å². The summed E-state index contributed by atoms with van der Waals surface area (Å²) in [4.78, 5) is 9.29. The van der Waals surface area contributed by atoms with Gasteiger partial charge in [0.25, 0.3) is 0 Å². The van der Waals surface area contributed by atoms with Gasteiger partial charge in [-0.25, -0.2) is 0 Å². The van der Waals surface area contributed by atoms with E-state index in [1.807, 2.05) is 25.2 Å². The number of nitrogens with zero attached hydrogens (tertiary/aromatic N) is 3. The number of hydrogen-bond donors (Lipinski definition) is 1. The Labute approximate surface area is 169 Å². The Morgan fingerprint density at radius 1 is 1.16 bits per heavy atom. The predicted molar refractivity (Wildman–Crippen MR) is 116 cm³/mol. The Balaban J connectivity index is 0.00000312. The fraction of sp³-hybridized carbons (Fsp3) is 0.632. The van der Waals surface area contributed by atoms with Crippen LogP contribution in [0.25, 0.3) is 0 Å². The van der Waals surface area contributed by atoms with Gasteiger partial charge in [-0.2, -0.15) is 0 Å². The maximum atomic E-state index is 5.72. The zero-order valence-electron chi connectivity index (χ0n) is 15.8. The molecular weight excluding hydrogens is 427 g/mol. The molecule has 6 heteroatoms. The van der Waals surface area contributed by atoms with Crippen LogP contribution in [0.1, 0.15) is 19.4 Å². The maximum Gasteiger partial charge on any atom is 0.193 e. The van der Waals surface area contributed by atoms with Crippen molar-refractivity contribution in [1.82, 2.24) is 15.1 Å². The standard InChI is InChI=1S/C19H32N4O.HI/c1-17(2)15-22-10-12-23(13-11-22)19(20-3)21-9-14-24-16-18-7-5-4-6-8-18;/h4-8,17H,9-16H2,1-3H3,(H,20,21);1H. The van der Waals surface area contributed by atoms with Crippen LogP contribution in [0.2, 0.25) is 0 Å². The second-order valence-corrected chi connectivity index (χ2v) is 6.69. The van der Waals surface area contributed by atoms with E-state index in [1.54, 1.807) is 0 Å². The van der Waals surface area contributed by atoms with Crippen LogP contribution in [0.15, 0.2) is 35.3 Å². The molecule has 1 aromatic carbocycles. The molecule has 1 aromatic rings. The van der Waals surface area contributed by atoms with Crippen LogP contribution in [0.5, 0.6) is 0 Å². The van der Waals surface area contributed by atoms with Crippen LogP contribution in [0, 0.1) is 5.92 Å². The van der Waals surface area contributed by atoms with Gasteiger partial charge in [-0.1, -0.05) is 44.2 Å². The van der Waals surface area contributed by atoms with Crippen LogP contribution < -0.4 is 5.32 Å². The van der Waals surface area contributed by atoms with Crippen molar-refractivity contribution in [2.75, 3.05) is 52.9 Å². The fourth-order valence-electron chi connectivity index (χ4n) is 2.99. The highest BCUT2D eigenvalue weighted by atomic mass is 127. The fourth-order valence-corrected chi connectivity index (χ4v) is 2.99. The molecule has 0 amide bonds. The van der Waals surface area contributed by atoms with Gasteiger partial charge in [0.2, 0.25) is 0 Å². The molecular formula is C19H33IN4O. The molecule has 0 saturated carbocycles. The first-order chi connectivity index (χ1) is 11.7. The molecule has 1 N–H and O–H groups in total. The van der Waals surface area contributed by atoms with Gasteiger partial charge in [-0.3, -0.25) is 9.89 Å². The van der Waals surface area contributed by atoms with Crippen molar-refractivity contribution >= 4 is 29.9 Å². The minimum atomic E-state index is 0. The summed E-state index contributed by atoms with van der Waals surface area (Å²) >= 11 is 0. The van der Waals surface area contributed by atoms with Gasteiger partial charge in [0, 0.05) is 46.3 Å². The molecule has 142 valence electrons. The highest BCUT2D eigenvalue weighted by Crippen LogP contribution is 2.05. The minimum absolute atomic E-state index is 0. The van der Waals surface area contributed by atoms with Crippen molar-refractivity contribution in [2.45, 2.75) is 20.5 Å². The lowest BCUT2D eigenvalue weighted by Gasteiger charge is -2.37. The van der Waals surface area contributed by atoms with E-state index in [1.165, 1.54) is 12.1 Å². The lowest BCUT2D eigenvalue weighted by molar-refractivity contribution is 0.124. The molecule has 0 spiro atoms. The summed E-state index contributed by atoms with van der Waals surface area (Å²) in [6.45, 7) is 12.2. The second-order valence-electron chi connectivity index (χ2n) is 6.69. The Morgan fingerprint density at radius 3 is 2.44 bits per heavy atom. The van der Waals surface area contributed by atoms with Gasteiger partial charge in [-0.15, -0.1) is 24.0 Å². The third kappa shape index (κ3) is 8.37. The SMILES string of the molecule is CN=C(NCCOCc1ccccc1)N1CCN(CC(C)C)CC1.I. The van der Waals surface area contributed by atoms with Crippen LogP contribution >= 0.6 is 24.0 Å². The van der Waals surface area contributed by atoms with Gasteiger partial charge in [0.1, 0.15) is 0 Å². The number of piperazine rings is 1. The summed E-state index contributed by atoms with van der Waals surface area (Å²) in [5.74, 6) is 1.72. The number of hydrogen-bond acceptors (Lipinski definition) is 3. The number of ether oxygens (including phenoxy) is 1. The first kappa shape index (κ1) is 22.2. The van der Waals surface area contributed by atoms with E-state index in [9.17, 15) is 0 Å². The molecule has 1 saturated heterocycles. The van der Waals surface area contributed by atoms with E-state index in [-0.39, 0.29) is 24.0 Å². The Morgan fingerprint density at radius 2 is 1.84 bits per heavy atom. The van der Waals surface area contributed by atoms with Crippen LogP contribution in [-0.4, -0.2) is 68.7 Å². The van der Waals surface area contributed by atoms with Crippen molar-refractivity contribution in [3.63, 3.8) is 0 Å². The molecule has 0 radical (unpaired) electrons. The Bertz CT molecular complexity index is 487. The average Bonchev–Trinajstić information content (AvgIpc) is 2.59. The van der Waals surface area contributed by atoms with Gasteiger partial charge < -0.3 is 15.0 Å². The first-order valence-electron chi connectivity index (χ1n) is 8.98. The molecule has 1 aliphatic heterocycles. The van der Waals surface area contributed by atoms with Gasteiger partial charge in [-0.05, 0) is 11.5 Å². The van der Waals surface area contributed by atoms with Crippen molar-refractivity contribution in [3.05, 3.63) is 35.9 Å². The highest BCUT2D eigenvalue weighted by molar-refractivity contribution is 14.0. The second kappa shape index (κ2) is 12.5. The zero-order valence-corrected chi connectivity index (χ0v) is 18.1. The molecule has 0 atom stereocenters. The predicted octanol–water partition coefficient (Wildman–Crippen LogP) is 2.67. The number of aliphatic imine (C=N–C) groups is 1. The van der Waals surface area contributed by atoms with Crippen molar-refractivity contribution < 1.29 is 4.74 Å². The monoisotopic (exact) mass is 460 g/mol. The molecule has 2 rings (SSSR count). The molecule has 1 heterocycles. The van der Waals surface area contributed by atoms with Crippen molar-refractivity contribution in [2.24, 2.45) is 10.9 Å². The normalized spacial score (nSPS) is 16.0. The third-order valence-corrected chi connectivity index (χ3v) is 4.15. The summed E-state index contributed by atoms with van der Waals surface area (Å²) in [6.07, 6.45) is 0. The number of halogens is 1. The molecule has 0 unspecified atom stereocenters. The van der Waals surface area contributed by atoms with Crippen LogP contribution in [0.3, 0.4) is 0 Å². The summed E-state index contributed by atoms with van der Waals surface area (Å²) in [7, 11) is 1.85. The minimum Gasteiger partial charge on any atom is -0.375 e. The number of benzene rings is 1. The molecule has 0 bridgehead atoms. The van der Waals surface area contributed by atoms with E-state index in [0.29, 0.717) is 13.2 Å². The number of nitrogens with one attached hydrogen (secondary N) is 1. The molecule has 1 aliphatic rings. The van der Waals surface area contributed by atoms with Crippen LogP contribution in [0.4, 0.5) is 0 Å². The molecule has 0 aliphatic carbocycles. The third-order valence-electron chi connectivity index (χ3n) is 4.15. The van der Waals surface area contributed by atoms with E-state index in [0.717, 1.165) is 44.6 Å². The quantitative estimate of drug-likeness (QED) is 0.294. The smallest absolute Gasteiger partial charge is 0.193 e. The summed E-state index contributed by atoms with van der Waals surface area (Å²) in [5, 5.41) is 3.41. The maximum absolute atomic E-state index is 5.72. The zero-order chi connectivity index (χ0) is 17.2. The number of guanidine groups is 1. The largest absolute Gasteiger partial charge is 0.375 e. The van der Waals surface area contributed by atoms with E-state index in [4.69, 9.17) is 4.74 Å². The van der Waals surface area contributed by atoms with E-state index < -0.39 is 0 Å². The molecule has 25 heavy (non-hydrogen) atoms. The van der Waals surface area contributed by atoms with Crippen molar-refractivity contribution in [3.8, 4) is 0 Å². The Kier molecular flexibility index (Phi) is 11.1. The van der Waals surface area contributed by atoms with Gasteiger partial charge in [0.15, 0.2) is 5.96 Å². The lowest BCUT2D eigenvalue weighted by atomic mass is 10.2. The highest BCUT2D eigenvalue weighted by Gasteiger charge is 2.19. The van der Waals surface area contributed by atoms with Crippen LogP contribution in [-0.2, 0) is 11.3 Å². The Hall–Kier alpha value is -0.860. The summed E-state index contributed by atoms with van der Waals surface area (Å²) in [5.41, 5.74) is 1.21. The van der Waals surface area contributed by atoms with Gasteiger partial charge >= 0.3 is 0 Å². The molecule has 0 aromatic heterocycles. The molecule has 5 nitrogen and oxygen atoms in total. The van der Waals surface area contributed by atoms with E-state index >= 15 is 0 Å². The number of rotatable bonds is 7. The van der Waals surface area contributed by atoms with Gasteiger partial charge in [0.05, 0.1) is 13.2 Å². The van der Waals surface area contributed by atoms with E-state index in [2.05, 4.69) is 46.1 Å².